The van der Waals surface area contributed by atoms with E-state index in [1.54, 1.807) is 6.07 Å². The van der Waals surface area contributed by atoms with Gasteiger partial charge in [-0.05, 0) is 18.2 Å². The maximum absolute atomic E-state index is 10.9. The van der Waals surface area contributed by atoms with E-state index in [2.05, 4.69) is 4.98 Å². The second-order valence-electron chi connectivity index (χ2n) is 3.97. The van der Waals surface area contributed by atoms with Crippen molar-refractivity contribution in [1.82, 2.24) is 4.98 Å². The molecule has 6 nitrogen and oxygen atoms in total. The normalized spacial score (nSPS) is 20.1. The number of aromatic nitrogens is 1. The lowest BCUT2D eigenvalue weighted by atomic mass is 10.2. The monoisotopic (exact) mass is 249 g/mol. The number of carboxylic acid groups (broad SMARTS) is 1. The van der Waals surface area contributed by atoms with Crippen LogP contribution in [0.1, 0.15) is 22.4 Å². The van der Waals surface area contributed by atoms with Crippen molar-refractivity contribution in [3.63, 3.8) is 0 Å². The molecule has 2 aromatic rings. The highest BCUT2D eigenvalue weighted by molar-refractivity contribution is 5.91. The van der Waals surface area contributed by atoms with Crippen LogP contribution in [0.5, 0.6) is 0 Å². The van der Waals surface area contributed by atoms with Crippen molar-refractivity contribution in [2.24, 2.45) is 0 Å². The average Bonchev–Trinajstić information content (AvgIpc) is 2.82. The molecule has 6 heteroatoms. The first-order valence-electron chi connectivity index (χ1n) is 5.57. The van der Waals surface area contributed by atoms with Gasteiger partial charge in [-0.3, -0.25) is 0 Å². The van der Waals surface area contributed by atoms with Crippen LogP contribution in [-0.2, 0) is 9.47 Å². The molecule has 1 aliphatic heterocycles. The lowest BCUT2D eigenvalue weighted by molar-refractivity contribution is -0.0991. The summed E-state index contributed by atoms with van der Waals surface area (Å²) in [4.78, 5) is 15.1. The maximum Gasteiger partial charge on any atom is 0.335 e. The molecule has 1 saturated heterocycles. The zero-order valence-corrected chi connectivity index (χ0v) is 9.46. The lowest BCUT2D eigenvalue weighted by Gasteiger charge is -2.19. The van der Waals surface area contributed by atoms with Crippen LogP contribution in [0.25, 0.3) is 11.1 Å². The number of fused-ring (bicyclic) bond motifs is 1. The van der Waals surface area contributed by atoms with Gasteiger partial charge in [-0.2, -0.15) is 0 Å². The van der Waals surface area contributed by atoms with E-state index in [1.807, 2.05) is 0 Å². The van der Waals surface area contributed by atoms with Crippen LogP contribution >= 0.6 is 0 Å². The van der Waals surface area contributed by atoms with Crippen LogP contribution in [0.4, 0.5) is 0 Å². The first kappa shape index (κ1) is 11.2. The molecule has 1 aromatic carbocycles. The van der Waals surface area contributed by atoms with Gasteiger partial charge in [0, 0.05) is 0 Å². The van der Waals surface area contributed by atoms with Gasteiger partial charge in [-0.25, -0.2) is 9.78 Å². The van der Waals surface area contributed by atoms with Gasteiger partial charge in [-0.15, -0.1) is 0 Å². The van der Waals surface area contributed by atoms with Crippen molar-refractivity contribution in [3.05, 3.63) is 29.7 Å². The summed E-state index contributed by atoms with van der Waals surface area (Å²) >= 11 is 0. The second kappa shape index (κ2) is 4.40. The van der Waals surface area contributed by atoms with Crippen LogP contribution in [0.3, 0.4) is 0 Å². The molecule has 0 radical (unpaired) electrons. The van der Waals surface area contributed by atoms with E-state index in [0.29, 0.717) is 36.8 Å². The van der Waals surface area contributed by atoms with E-state index in [1.165, 1.54) is 12.1 Å². The van der Waals surface area contributed by atoms with Crippen LogP contribution in [-0.4, -0.2) is 35.9 Å². The first-order valence-corrected chi connectivity index (χ1v) is 5.57. The maximum atomic E-state index is 10.9. The number of rotatable bonds is 2. The highest BCUT2D eigenvalue weighted by Crippen LogP contribution is 2.25. The zero-order valence-electron chi connectivity index (χ0n) is 9.46. The fraction of sp³-hybridized carbons (Fsp3) is 0.333. The highest BCUT2D eigenvalue weighted by atomic mass is 16.6. The molecule has 0 bridgehead atoms. The van der Waals surface area contributed by atoms with E-state index in [-0.39, 0.29) is 11.7 Å². The minimum atomic E-state index is -0.987. The largest absolute Gasteiger partial charge is 0.478 e. The molecular weight excluding hydrogens is 238 g/mol. The number of hydrogen-bond acceptors (Lipinski definition) is 5. The molecule has 0 aliphatic carbocycles. The molecule has 1 aliphatic rings. The van der Waals surface area contributed by atoms with Gasteiger partial charge in [0.25, 0.3) is 0 Å². The van der Waals surface area contributed by atoms with Crippen LogP contribution < -0.4 is 0 Å². The molecule has 0 amide bonds. The summed E-state index contributed by atoms with van der Waals surface area (Å²) in [7, 11) is 0. The van der Waals surface area contributed by atoms with Crippen LogP contribution in [0.2, 0.25) is 0 Å². The predicted molar refractivity (Wildman–Crippen MR) is 60.5 cm³/mol. The summed E-state index contributed by atoms with van der Waals surface area (Å²) in [5.41, 5.74) is 1.24. The predicted octanol–water partition coefficient (Wildman–Crippen LogP) is 1.61. The van der Waals surface area contributed by atoms with Gasteiger partial charge >= 0.3 is 5.97 Å². The molecule has 0 spiro atoms. The Hall–Kier alpha value is -1.92. The van der Waals surface area contributed by atoms with Crippen molar-refractivity contribution in [3.8, 4) is 0 Å². The number of ether oxygens (including phenoxy) is 2. The SMILES string of the molecule is O=C(O)c1ccc2oc(C3COCCO3)nc2c1. The van der Waals surface area contributed by atoms with Crippen molar-refractivity contribution in [2.75, 3.05) is 19.8 Å². The van der Waals surface area contributed by atoms with Gasteiger partial charge in [0.1, 0.15) is 5.52 Å². The molecule has 1 atom stereocenters. The number of benzene rings is 1. The van der Waals surface area contributed by atoms with E-state index in [4.69, 9.17) is 19.0 Å². The third kappa shape index (κ3) is 1.96. The number of oxazole rings is 1. The molecule has 0 saturated carbocycles. The lowest BCUT2D eigenvalue weighted by Crippen LogP contribution is -2.22. The van der Waals surface area contributed by atoms with Gasteiger partial charge < -0.3 is 19.0 Å². The van der Waals surface area contributed by atoms with Crippen molar-refractivity contribution < 1.29 is 23.8 Å². The van der Waals surface area contributed by atoms with Crippen LogP contribution in [0.15, 0.2) is 22.6 Å². The topological polar surface area (TPSA) is 81.8 Å². The number of nitrogens with zero attached hydrogens (tertiary/aromatic N) is 1. The highest BCUT2D eigenvalue weighted by Gasteiger charge is 2.22. The summed E-state index contributed by atoms with van der Waals surface area (Å²) in [5, 5.41) is 8.90. The Balaban J connectivity index is 1.97. The molecular formula is C12H11NO5. The van der Waals surface area contributed by atoms with Gasteiger partial charge in [0.15, 0.2) is 11.7 Å². The summed E-state index contributed by atoms with van der Waals surface area (Å²) in [5.74, 6) is -0.564. The summed E-state index contributed by atoms with van der Waals surface area (Å²) in [6.07, 6.45) is -0.320. The Morgan fingerprint density at radius 1 is 1.39 bits per heavy atom. The van der Waals surface area contributed by atoms with Crippen molar-refractivity contribution >= 4 is 17.1 Å². The molecule has 3 rings (SSSR count). The Labute approximate surface area is 102 Å². The standard InChI is InChI=1S/C12H11NO5/c14-12(15)7-1-2-9-8(5-7)13-11(18-9)10-6-16-3-4-17-10/h1-2,5,10H,3-4,6H2,(H,14,15). The Bertz CT molecular complexity index is 585. The minimum absolute atomic E-state index is 0.183. The van der Waals surface area contributed by atoms with E-state index >= 15 is 0 Å². The Morgan fingerprint density at radius 3 is 3.00 bits per heavy atom. The minimum Gasteiger partial charge on any atom is -0.478 e. The molecule has 94 valence electrons. The Morgan fingerprint density at radius 2 is 2.28 bits per heavy atom. The van der Waals surface area contributed by atoms with E-state index < -0.39 is 5.97 Å². The molecule has 18 heavy (non-hydrogen) atoms. The fourth-order valence-corrected chi connectivity index (χ4v) is 1.85. The van der Waals surface area contributed by atoms with Crippen molar-refractivity contribution in [1.29, 1.82) is 0 Å². The third-order valence-electron chi connectivity index (χ3n) is 2.74. The second-order valence-corrected chi connectivity index (χ2v) is 3.97. The summed E-state index contributed by atoms with van der Waals surface area (Å²) in [6.45, 7) is 1.47. The van der Waals surface area contributed by atoms with Gasteiger partial charge in [0.05, 0.1) is 25.4 Å². The van der Waals surface area contributed by atoms with Gasteiger partial charge in [0.2, 0.25) is 5.89 Å². The van der Waals surface area contributed by atoms with Crippen LogP contribution in [0, 0.1) is 0 Å². The average molecular weight is 249 g/mol. The number of carbonyl (C=O) groups is 1. The number of carboxylic acids is 1. The molecule has 2 heterocycles. The number of hydrogen-bond donors (Lipinski definition) is 1. The molecule has 1 fully saturated rings. The van der Waals surface area contributed by atoms with Crippen molar-refractivity contribution in [2.45, 2.75) is 6.10 Å². The smallest absolute Gasteiger partial charge is 0.335 e. The first-order chi connectivity index (χ1) is 8.74. The summed E-state index contributed by atoms with van der Waals surface area (Å²) < 4.78 is 16.3. The van der Waals surface area contributed by atoms with Gasteiger partial charge in [-0.1, -0.05) is 0 Å². The number of aromatic carboxylic acids is 1. The molecule has 1 N–H and O–H groups in total. The Kier molecular flexibility index (Phi) is 2.73. The third-order valence-corrected chi connectivity index (χ3v) is 2.74. The zero-order chi connectivity index (χ0) is 12.5. The van der Waals surface area contributed by atoms with E-state index in [9.17, 15) is 4.79 Å². The quantitative estimate of drug-likeness (QED) is 0.870. The summed E-state index contributed by atoms with van der Waals surface area (Å²) in [6, 6.07) is 4.56. The fourth-order valence-electron chi connectivity index (χ4n) is 1.85. The van der Waals surface area contributed by atoms with E-state index in [0.717, 1.165) is 0 Å². The molecule has 1 aromatic heterocycles. The molecule has 1 unspecified atom stereocenters.